The Hall–Kier alpha value is -1.28. The monoisotopic (exact) mass is 453 g/mol. The highest BCUT2D eigenvalue weighted by Gasteiger charge is 2.42. The van der Waals surface area contributed by atoms with Gasteiger partial charge in [0.05, 0.1) is 18.1 Å². The fraction of sp³-hybridized carbons (Fsp3) is 0.840. The van der Waals surface area contributed by atoms with Gasteiger partial charge in [-0.2, -0.15) is 0 Å². The molecule has 184 valence electrons. The number of carbonyl (C=O) groups excluding carboxylic acids is 2. The van der Waals surface area contributed by atoms with E-state index in [1.54, 1.807) is 13.0 Å². The number of ether oxygens (including phenoxy) is 3. The van der Waals surface area contributed by atoms with Crippen LogP contribution in [0.25, 0.3) is 0 Å². The van der Waals surface area contributed by atoms with Crippen LogP contribution in [-0.4, -0.2) is 72.6 Å². The molecule has 2 rings (SSSR count). The van der Waals surface area contributed by atoms with Gasteiger partial charge in [-0.15, -0.1) is 0 Å². The van der Waals surface area contributed by atoms with E-state index in [0.29, 0.717) is 19.3 Å². The second-order valence-electron chi connectivity index (χ2n) is 10.1. The van der Waals surface area contributed by atoms with E-state index in [1.807, 2.05) is 59.7 Å². The Bertz CT molecular complexity index is 665. The van der Waals surface area contributed by atoms with E-state index in [9.17, 15) is 14.7 Å². The number of aliphatic hydroxyl groups excluding tert-OH is 1. The van der Waals surface area contributed by atoms with Gasteiger partial charge in [0.25, 0.3) is 0 Å². The minimum absolute atomic E-state index is 0.0614. The highest BCUT2D eigenvalue weighted by Crippen LogP contribution is 2.32. The van der Waals surface area contributed by atoms with Crippen molar-refractivity contribution in [1.29, 1.82) is 0 Å². The Morgan fingerprint density at radius 1 is 1.12 bits per heavy atom. The van der Waals surface area contributed by atoms with Gasteiger partial charge in [0.2, 0.25) is 0 Å². The summed E-state index contributed by atoms with van der Waals surface area (Å²) in [4.78, 5) is 27.7. The SMILES string of the molecule is CC[C@H]1OC(=O)[C@H](C)C(O[C@@H]2O[C@H](C)C[C@H](N(C)C)[C@H]2O)[C@@H](C)C[C@@H](C)C(=O)/C=C\[C@H]1C. The van der Waals surface area contributed by atoms with Crippen molar-refractivity contribution in [2.45, 2.75) is 97.6 Å². The van der Waals surface area contributed by atoms with E-state index in [4.69, 9.17) is 14.2 Å². The summed E-state index contributed by atoms with van der Waals surface area (Å²) in [5.74, 6) is -1.21. The lowest BCUT2D eigenvalue weighted by atomic mass is 9.84. The molecule has 10 atom stereocenters. The maximum atomic E-state index is 13.1. The first-order valence-electron chi connectivity index (χ1n) is 12.0. The normalized spacial score (nSPS) is 43.3. The summed E-state index contributed by atoms with van der Waals surface area (Å²) in [6.45, 7) is 11.6. The van der Waals surface area contributed by atoms with Crippen LogP contribution in [0.1, 0.15) is 60.8 Å². The highest BCUT2D eigenvalue weighted by molar-refractivity contribution is 5.91. The van der Waals surface area contributed by atoms with Crippen LogP contribution in [0.5, 0.6) is 0 Å². The zero-order chi connectivity index (χ0) is 24.2. The van der Waals surface area contributed by atoms with Crippen LogP contribution in [-0.2, 0) is 23.8 Å². The molecule has 0 radical (unpaired) electrons. The number of rotatable bonds is 4. The number of cyclic esters (lactones) is 1. The number of hydrogen-bond donors (Lipinski definition) is 1. The van der Waals surface area contributed by atoms with Gasteiger partial charge < -0.3 is 24.2 Å². The smallest absolute Gasteiger partial charge is 0.311 e. The predicted molar refractivity (Wildman–Crippen MR) is 123 cm³/mol. The van der Waals surface area contributed by atoms with Crippen molar-refractivity contribution in [2.24, 2.45) is 23.7 Å². The average Bonchev–Trinajstić information content (AvgIpc) is 2.73. The number of aliphatic hydroxyl groups is 1. The predicted octanol–water partition coefficient (Wildman–Crippen LogP) is 3.19. The first-order valence-corrected chi connectivity index (χ1v) is 12.0. The van der Waals surface area contributed by atoms with Crippen molar-refractivity contribution < 1.29 is 28.9 Å². The lowest BCUT2D eigenvalue weighted by Gasteiger charge is -2.43. The molecule has 0 aromatic heterocycles. The number of hydrogen-bond acceptors (Lipinski definition) is 7. The molecular weight excluding hydrogens is 410 g/mol. The van der Waals surface area contributed by atoms with Crippen molar-refractivity contribution in [3.63, 3.8) is 0 Å². The zero-order valence-electron chi connectivity index (χ0n) is 21.0. The summed E-state index contributed by atoms with van der Waals surface area (Å²) in [5, 5.41) is 10.9. The van der Waals surface area contributed by atoms with Crippen LogP contribution in [0, 0.1) is 23.7 Å². The van der Waals surface area contributed by atoms with Crippen LogP contribution >= 0.6 is 0 Å². The van der Waals surface area contributed by atoms with Crippen molar-refractivity contribution >= 4 is 11.8 Å². The van der Waals surface area contributed by atoms with Crippen LogP contribution in [0.15, 0.2) is 12.2 Å². The Morgan fingerprint density at radius 3 is 2.38 bits per heavy atom. The number of ketones is 1. The van der Waals surface area contributed by atoms with E-state index in [0.717, 1.165) is 0 Å². The first kappa shape index (κ1) is 27.0. The van der Waals surface area contributed by atoms with Crippen LogP contribution in [0.3, 0.4) is 0 Å². The topological polar surface area (TPSA) is 85.3 Å². The van der Waals surface area contributed by atoms with Crippen molar-refractivity contribution in [2.75, 3.05) is 14.1 Å². The van der Waals surface area contributed by atoms with Gasteiger partial charge >= 0.3 is 5.97 Å². The Morgan fingerprint density at radius 2 is 1.78 bits per heavy atom. The summed E-state index contributed by atoms with van der Waals surface area (Å²) in [6, 6.07) is -0.108. The molecule has 0 aliphatic carbocycles. The number of carbonyl (C=O) groups is 2. The molecule has 0 bridgehead atoms. The number of esters is 1. The van der Waals surface area contributed by atoms with Gasteiger partial charge in [0.15, 0.2) is 12.1 Å². The Kier molecular flexibility index (Phi) is 9.88. The summed E-state index contributed by atoms with van der Waals surface area (Å²) in [5.41, 5.74) is 0. The summed E-state index contributed by atoms with van der Waals surface area (Å²) in [6.07, 6.45) is 2.73. The third-order valence-corrected chi connectivity index (χ3v) is 7.02. The van der Waals surface area contributed by atoms with Gasteiger partial charge in [0, 0.05) is 17.9 Å². The van der Waals surface area contributed by atoms with E-state index in [2.05, 4.69) is 0 Å². The number of nitrogens with zero attached hydrogens (tertiary/aromatic N) is 1. The zero-order valence-corrected chi connectivity index (χ0v) is 21.0. The molecule has 0 aromatic rings. The van der Waals surface area contributed by atoms with Gasteiger partial charge in [-0.05, 0) is 59.2 Å². The molecule has 2 heterocycles. The molecule has 2 aliphatic rings. The standard InChI is InChI=1S/C25H43NO6/c1-9-21-14(2)10-11-20(27)15(3)12-16(4)23(18(6)24(29)31-21)32-25-22(28)19(26(7)8)13-17(5)30-25/h10-11,14-19,21-23,25,28H,9,12-13H2,1-8H3/b11-10-/t14-,15-,16+,17-,18-,19+,21-,22-,23?,25+/m1/s1. The Balaban J connectivity index is 2.32. The van der Waals surface area contributed by atoms with E-state index >= 15 is 0 Å². The minimum Gasteiger partial charge on any atom is -0.461 e. The minimum atomic E-state index is -0.853. The number of likely N-dealkylation sites (N-methyl/N-ethyl adjacent to an activating group) is 1. The molecule has 7 nitrogen and oxygen atoms in total. The molecule has 7 heteroatoms. The molecule has 0 aromatic carbocycles. The average molecular weight is 454 g/mol. The van der Waals surface area contributed by atoms with Gasteiger partial charge in [-0.1, -0.05) is 33.8 Å². The van der Waals surface area contributed by atoms with Crippen molar-refractivity contribution in [3.8, 4) is 0 Å². The van der Waals surface area contributed by atoms with E-state index < -0.39 is 24.4 Å². The lowest BCUT2D eigenvalue weighted by Crippen LogP contribution is -2.56. The molecular formula is C25H43NO6. The maximum absolute atomic E-state index is 13.1. The summed E-state index contributed by atoms with van der Waals surface area (Å²) >= 11 is 0. The highest BCUT2D eigenvalue weighted by atomic mass is 16.7. The van der Waals surface area contributed by atoms with Gasteiger partial charge in [-0.25, -0.2) is 0 Å². The second kappa shape index (κ2) is 11.7. The molecule has 0 spiro atoms. The number of allylic oxidation sites excluding steroid dienone is 1. The quantitative estimate of drug-likeness (QED) is 0.654. The largest absolute Gasteiger partial charge is 0.461 e. The van der Waals surface area contributed by atoms with E-state index in [1.165, 1.54) is 0 Å². The molecule has 0 saturated carbocycles. The van der Waals surface area contributed by atoms with Crippen LogP contribution in [0.4, 0.5) is 0 Å². The maximum Gasteiger partial charge on any atom is 0.311 e. The van der Waals surface area contributed by atoms with Gasteiger partial charge in [-0.3, -0.25) is 9.59 Å². The van der Waals surface area contributed by atoms with E-state index in [-0.39, 0.29) is 47.8 Å². The molecule has 1 saturated heterocycles. The summed E-state index contributed by atoms with van der Waals surface area (Å²) in [7, 11) is 3.85. The van der Waals surface area contributed by atoms with Gasteiger partial charge in [0.1, 0.15) is 12.2 Å². The first-order chi connectivity index (χ1) is 15.0. The van der Waals surface area contributed by atoms with Crippen molar-refractivity contribution in [3.05, 3.63) is 12.2 Å². The fourth-order valence-electron chi connectivity index (χ4n) is 4.85. The fourth-order valence-corrected chi connectivity index (χ4v) is 4.85. The third-order valence-electron chi connectivity index (χ3n) is 7.02. The third kappa shape index (κ3) is 6.62. The van der Waals surface area contributed by atoms with Crippen molar-refractivity contribution in [1.82, 2.24) is 4.90 Å². The molecule has 1 N–H and O–H groups in total. The van der Waals surface area contributed by atoms with Crippen LogP contribution in [0.2, 0.25) is 0 Å². The molecule has 0 amide bonds. The molecule has 2 aliphatic heterocycles. The van der Waals surface area contributed by atoms with Crippen LogP contribution < -0.4 is 0 Å². The molecule has 1 unspecified atom stereocenters. The Labute approximate surface area is 193 Å². The summed E-state index contributed by atoms with van der Waals surface area (Å²) < 4.78 is 18.2. The molecule has 32 heavy (non-hydrogen) atoms. The lowest BCUT2D eigenvalue weighted by molar-refractivity contribution is -0.279. The second-order valence-corrected chi connectivity index (χ2v) is 10.1. The molecule has 1 fully saturated rings.